The van der Waals surface area contributed by atoms with Gasteiger partial charge in [0.1, 0.15) is 0 Å². The smallest absolute Gasteiger partial charge is 0.229 e. The molecule has 3 aliphatic rings. The Hall–Kier alpha value is -1.89. The number of rotatable bonds is 5. The lowest BCUT2D eigenvalue weighted by Crippen LogP contribution is -2.29. The summed E-state index contributed by atoms with van der Waals surface area (Å²) >= 11 is 0. The van der Waals surface area contributed by atoms with Crippen molar-refractivity contribution in [2.24, 2.45) is 5.92 Å². The molecule has 26 heavy (non-hydrogen) atoms. The zero-order valence-corrected chi connectivity index (χ0v) is 15.5. The van der Waals surface area contributed by atoms with Gasteiger partial charge in [0.15, 0.2) is 9.84 Å². The van der Waals surface area contributed by atoms with Gasteiger partial charge >= 0.3 is 0 Å². The minimum atomic E-state index is -3.28. The van der Waals surface area contributed by atoms with E-state index in [1.165, 1.54) is 0 Å². The van der Waals surface area contributed by atoms with E-state index in [0.29, 0.717) is 23.2 Å². The number of anilines is 1. The average Bonchev–Trinajstić information content (AvgIpc) is 3.15. The summed E-state index contributed by atoms with van der Waals surface area (Å²) in [6, 6.07) is 6.74. The number of sulfone groups is 1. The maximum absolute atomic E-state index is 12.6. The van der Waals surface area contributed by atoms with Gasteiger partial charge in [0.2, 0.25) is 11.8 Å². The van der Waals surface area contributed by atoms with Gasteiger partial charge in [-0.1, -0.05) is 12.8 Å². The van der Waals surface area contributed by atoms with Gasteiger partial charge in [0, 0.05) is 24.7 Å². The third-order valence-electron chi connectivity index (χ3n) is 5.71. The molecule has 1 aliphatic heterocycles. The van der Waals surface area contributed by atoms with E-state index in [4.69, 9.17) is 0 Å². The summed E-state index contributed by atoms with van der Waals surface area (Å²) in [6.07, 6.45) is 5.73. The van der Waals surface area contributed by atoms with Crippen LogP contribution in [-0.2, 0) is 19.4 Å². The second-order valence-corrected chi connectivity index (χ2v) is 9.87. The lowest BCUT2D eigenvalue weighted by atomic mass is 10.1. The number of hydrogen-bond donors (Lipinski definition) is 1. The van der Waals surface area contributed by atoms with Crippen LogP contribution in [0.25, 0.3) is 0 Å². The van der Waals surface area contributed by atoms with Crippen molar-refractivity contribution in [3.63, 3.8) is 0 Å². The highest BCUT2D eigenvalue weighted by Gasteiger charge is 2.41. The van der Waals surface area contributed by atoms with E-state index in [1.54, 1.807) is 24.3 Å². The normalized spacial score (nSPS) is 24.2. The lowest BCUT2D eigenvalue weighted by Gasteiger charge is -2.15. The van der Waals surface area contributed by atoms with Crippen molar-refractivity contribution in [1.29, 1.82) is 0 Å². The molecule has 1 atom stereocenters. The van der Waals surface area contributed by atoms with Gasteiger partial charge in [0.25, 0.3) is 0 Å². The van der Waals surface area contributed by atoms with Crippen LogP contribution < -0.4 is 5.32 Å². The Labute approximate surface area is 153 Å². The van der Waals surface area contributed by atoms with Crippen LogP contribution in [0.1, 0.15) is 44.9 Å². The van der Waals surface area contributed by atoms with Crippen molar-refractivity contribution in [2.45, 2.75) is 61.1 Å². The molecule has 0 spiro atoms. The molecular weight excluding hydrogens is 352 g/mol. The molecule has 4 rings (SSSR count). The van der Waals surface area contributed by atoms with Crippen LogP contribution in [0.2, 0.25) is 0 Å². The Balaban J connectivity index is 1.39. The summed E-state index contributed by atoms with van der Waals surface area (Å²) in [5.41, 5.74) is 0.567. The van der Waals surface area contributed by atoms with Gasteiger partial charge < -0.3 is 10.2 Å². The first-order valence-electron chi connectivity index (χ1n) is 9.39. The van der Waals surface area contributed by atoms with Crippen LogP contribution in [-0.4, -0.2) is 43.0 Å². The van der Waals surface area contributed by atoms with Gasteiger partial charge in [0.05, 0.1) is 16.1 Å². The predicted octanol–water partition coefficient (Wildman–Crippen LogP) is 2.35. The molecular formula is C19H24N2O4S. The van der Waals surface area contributed by atoms with Crippen molar-refractivity contribution < 1.29 is 18.0 Å². The SMILES string of the molecule is O=C(Nc1ccc(S(=O)(=O)C2CCCC2)cc1)[C@H]1CC(=O)N(C2CC2)C1. The highest BCUT2D eigenvalue weighted by atomic mass is 32.2. The van der Waals surface area contributed by atoms with Crippen LogP contribution in [0.15, 0.2) is 29.2 Å². The topological polar surface area (TPSA) is 83.5 Å². The van der Waals surface area contributed by atoms with E-state index in [9.17, 15) is 18.0 Å². The highest BCUT2D eigenvalue weighted by Crippen LogP contribution is 2.33. The van der Waals surface area contributed by atoms with Crippen LogP contribution in [0.5, 0.6) is 0 Å². The summed E-state index contributed by atoms with van der Waals surface area (Å²) in [5, 5.41) is 2.54. The highest BCUT2D eigenvalue weighted by molar-refractivity contribution is 7.92. The van der Waals surface area contributed by atoms with Crippen molar-refractivity contribution >= 4 is 27.3 Å². The second kappa shape index (κ2) is 6.68. The van der Waals surface area contributed by atoms with Crippen LogP contribution >= 0.6 is 0 Å². The van der Waals surface area contributed by atoms with E-state index in [-0.39, 0.29) is 29.4 Å². The fourth-order valence-corrected chi connectivity index (χ4v) is 5.86. The van der Waals surface area contributed by atoms with Crippen molar-refractivity contribution in [3.05, 3.63) is 24.3 Å². The van der Waals surface area contributed by atoms with Gasteiger partial charge in [-0.3, -0.25) is 9.59 Å². The molecule has 1 heterocycles. The van der Waals surface area contributed by atoms with Crippen molar-refractivity contribution in [1.82, 2.24) is 4.90 Å². The first-order chi connectivity index (χ1) is 12.4. The summed E-state index contributed by atoms with van der Waals surface area (Å²) in [6.45, 7) is 0.490. The molecule has 1 aromatic carbocycles. The molecule has 0 unspecified atom stereocenters. The number of carbonyl (C=O) groups excluding carboxylic acids is 2. The minimum Gasteiger partial charge on any atom is -0.339 e. The molecule has 1 aromatic rings. The van der Waals surface area contributed by atoms with E-state index in [2.05, 4.69) is 5.32 Å². The molecule has 0 bridgehead atoms. The Bertz CT molecular complexity index is 808. The Morgan fingerprint density at radius 1 is 1.04 bits per heavy atom. The maximum Gasteiger partial charge on any atom is 0.229 e. The monoisotopic (exact) mass is 376 g/mol. The second-order valence-electron chi connectivity index (χ2n) is 7.64. The van der Waals surface area contributed by atoms with E-state index in [1.807, 2.05) is 4.90 Å². The average molecular weight is 376 g/mol. The fourth-order valence-electron chi connectivity index (χ4n) is 4.01. The third kappa shape index (κ3) is 3.37. The number of carbonyl (C=O) groups is 2. The first-order valence-corrected chi connectivity index (χ1v) is 10.9. The number of nitrogens with one attached hydrogen (secondary N) is 1. The summed E-state index contributed by atoms with van der Waals surface area (Å²) in [7, 11) is -3.28. The van der Waals surface area contributed by atoms with E-state index < -0.39 is 9.84 Å². The van der Waals surface area contributed by atoms with Gasteiger partial charge in [-0.25, -0.2) is 8.42 Å². The molecule has 2 amide bonds. The third-order valence-corrected chi connectivity index (χ3v) is 7.99. The van der Waals surface area contributed by atoms with Crippen LogP contribution in [0.4, 0.5) is 5.69 Å². The number of amides is 2. The van der Waals surface area contributed by atoms with Gasteiger partial charge in [-0.05, 0) is 49.9 Å². The summed E-state index contributed by atoms with van der Waals surface area (Å²) in [4.78, 5) is 26.6. The molecule has 140 valence electrons. The molecule has 2 aliphatic carbocycles. The quantitative estimate of drug-likeness (QED) is 0.855. The number of nitrogens with zero attached hydrogens (tertiary/aromatic N) is 1. The zero-order valence-electron chi connectivity index (χ0n) is 14.7. The maximum atomic E-state index is 12.6. The van der Waals surface area contributed by atoms with Crippen LogP contribution in [0.3, 0.4) is 0 Å². The molecule has 1 saturated heterocycles. The van der Waals surface area contributed by atoms with E-state index >= 15 is 0 Å². The van der Waals surface area contributed by atoms with Gasteiger partial charge in [-0.2, -0.15) is 0 Å². The molecule has 0 radical (unpaired) electrons. The fraction of sp³-hybridized carbons (Fsp3) is 0.579. The van der Waals surface area contributed by atoms with Crippen LogP contribution in [0, 0.1) is 5.92 Å². The molecule has 7 heteroatoms. The molecule has 6 nitrogen and oxygen atoms in total. The predicted molar refractivity (Wildman–Crippen MR) is 97.4 cm³/mol. The molecule has 0 aromatic heterocycles. The Morgan fingerprint density at radius 2 is 1.69 bits per heavy atom. The van der Waals surface area contributed by atoms with Gasteiger partial charge in [-0.15, -0.1) is 0 Å². The van der Waals surface area contributed by atoms with Crippen molar-refractivity contribution in [2.75, 3.05) is 11.9 Å². The number of likely N-dealkylation sites (tertiary alicyclic amines) is 1. The molecule has 2 saturated carbocycles. The Kier molecular flexibility index (Phi) is 4.50. The zero-order chi connectivity index (χ0) is 18.3. The summed E-state index contributed by atoms with van der Waals surface area (Å²) in [5.74, 6) is -0.441. The Morgan fingerprint density at radius 3 is 2.31 bits per heavy atom. The van der Waals surface area contributed by atoms with E-state index in [0.717, 1.165) is 38.5 Å². The van der Waals surface area contributed by atoms with Crippen molar-refractivity contribution in [3.8, 4) is 0 Å². The number of hydrogen-bond acceptors (Lipinski definition) is 4. The largest absolute Gasteiger partial charge is 0.339 e. The number of benzene rings is 1. The minimum absolute atomic E-state index is 0.0608. The lowest BCUT2D eigenvalue weighted by molar-refractivity contribution is -0.128. The molecule has 1 N–H and O–H groups in total. The first kappa shape index (κ1) is 17.5. The molecule has 3 fully saturated rings. The standard InChI is InChI=1S/C19H24N2O4S/c22-18-11-13(12-21(18)15-7-8-15)19(23)20-14-5-9-17(10-6-14)26(24,25)16-3-1-2-4-16/h5-6,9-10,13,15-16H,1-4,7-8,11-12H2,(H,20,23)/t13-/m0/s1. The summed E-state index contributed by atoms with van der Waals surface area (Å²) < 4.78 is 25.2.